The van der Waals surface area contributed by atoms with E-state index in [2.05, 4.69) is 21.4 Å². The van der Waals surface area contributed by atoms with Gasteiger partial charge in [0.05, 0.1) is 22.2 Å². The minimum Gasteiger partial charge on any atom is -0.371 e. The molecule has 1 aliphatic heterocycles. The van der Waals surface area contributed by atoms with E-state index in [-0.39, 0.29) is 11.9 Å². The zero-order valence-electron chi connectivity index (χ0n) is 16.7. The van der Waals surface area contributed by atoms with Crippen LogP contribution in [0.15, 0.2) is 54.7 Å². The number of aromatic nitrogens is 2. The molecule has 0 unspecified atom stereocenters. The van der Waals surface area contributed by atoms with Gasteiger partial charge in [-0.2, -0.15) is 10.4 Å². The fourth-order valence-electron chi connectivity index (χ4n) is 3.80. The summed E-state index contributed by atoms with van der Waals surface area (Å²) in [5, 5.41) is 17.1. The molecule has 7 heteroatoms. The fraction of sp³-hybridized carbons (Fsp3) is 0.261. The molecule has 1 amide bonds. The number of anilines is 1. The Morgan fingerprint density at radius 1 is 1.17 bits per heavy atom. The lowest BCUT2D eigenvalue weighted by Gasteiger charge is -2.34. The highest BCUT2D eigenvalue weighted by molar-refractivity contribution is 6.33. The first-order chi connectivity index (χ1) is 14.5. The van der Waals surface area contributed by atoms with Crippen LogP contribution in [0.1, 0.15) is 28.8 Å². The van der Waals surface area contributed by atoms with Gasteiger partial charge in [0.25, 0.3) is 5.91 Å². The van der Waals surface area contributed by atoms with Crippen molar-refractivity contribution < 1.29 is 4.79 Å². The largest absolute Gasteiger partial charge is 0.371 e. The molecule has 152 valence electrons. The van der Waals surface area contributed by atoms with Gasteiger partial charge in [-0.1, -0.05) is 29.8 Å². The molecule has 30 heavy (non-hydrogen) atoms. The Kier molecular flexibility index (Phi) is 5.73. The van der Waals surface area contributed by atoms with Crippen molar-refractivity contribution >= 4 is 23.2 Å². The molecule has 0 radical (unpaired) electrons. The van der Waals surface area contributed by atoms with Gasteiger partial charge >= 0.3 is 0 Å². The molecule has 1 aliphatic rings. The molecule has 0 atom stereocenters. The third kappa shape index (κ3) is 4.17. The Balaban J connectivity index is 1.42. The maximum atomic E-state index is 13.0. The number of amides is 1. The van der Waals surface area contributed by atoms with Crippen molar-refractivity contribution in [3.63, 3.8) is 0 Å². The Hall–Kier alpha value is -3.30. The third-order valence-electron chi connectivity index (χ3n) is 5.39. The van der Waals surface area contributed by atoms with Gasteiger partial charge < -0.3 is 10.2 Å². The van der Waals surface area contributed by atoms with E-state index in [1.807, 2.05) is 42.5 Å². The molecule has 0 aliphatic carbocycles. The number of nitrogens with one attached hydrogen (secondary N) is 1. The van der Waals surface area contributed by atoms with Crippen LogP contribution in [0.2, 0.25) is 5.02 Å². The summed E-state index contributed by atoms with van der Waals surface area (Å²) >= 11 is 6.33. The van der Waals surface area contributed by atoms with Gasteiger partial charge in [0.15, 0.2) is 0 Å². The molecule has 6 nitrogen and oxygen atoms in total. The van der Waals surface area contributed by atoms with Crippen LogP contribution < -0.4 is 10.2 Å². The number of nitrogens with zero attached hydrogens (tertiary/aromatic N) is 4. The fourth-order valence-corrected chi connectivity index (χ4v) is 4.02. The zero-order valence-corrected chi connectivity index (χ0v) is 17.4. The van der Waals surface area contributed by atoms with E-state index in [1.165, 1.54) is 0 Å². The van der Waals surface area contributed by atoms with Gasteiger partial charge in [-0.15, -0.1) is 0 Å². The van der Waals surface area contributed by atoms with Gasteiger partial charge in [-0.25, -0.2) is 0 Å². The van der Waals surface area contributed by atoms with E-state index in [4.69, 9.17) is 16.9 Å². The number of hydrogen-bond acceptors (Lipinski definition) is 4. The molecule has 1 N–H and O–H groups in total. The number of rotatable bonds is 4. The Morgan fingerprint density at radius 2 is 1.87 bits per heavy atom. The second-order valence-electron chi connectivity index (χ2n) is 7.44. The number of piperidine rings is 1. The smallest absolute Gasteiger partial charge is 0.255 e. The summed E-state index contributed by atoms with van der Waals surface area (Å²) in [5.41, 5.74) is 3.63. The molecule has 4 rings (SSSR count). The summed E-state index contributed by atoms with van der Waals surface area (Å²) in [6.45, 7) is 1.70. The lowest BCUT2D eigenvalue weighted by molar-refractivity contribution is 0.0931. The summed E-state index contributed by atoms with van der Waals surface area (Å²) in [4.78, 5) is 15.3. The first-order valence-corrected chi connectivity index (χ1v) is 10.3. The zero-order chi connectivity index (χ0) is 21.1. The van der Waals surface area contributed by atoms with Crippen molar-refractivity contribution in [1.29, 1.82) is 5.26 Å². The maximum absolute atomic E-state index is 13.0. The van der Waals surface area contributed by atoms with Crippen LogP contribution in [0, 0.1) is 11.3 Å². The third-order valence-corrected chi connectivity index (χ3v) is 5.72. The van der Waals surface area contributed by atoms with E-state index in [0.717, 1.165) is 37.2 Å². The van der Waals surface area contributed by atoms with E-state index < -0.39 is 0 Å². The summed E-state index contributed by atoms with van der Waals surface area (Å²) in [6, 6.07) is 17.3. The highest BCUT2D eigenvalue weighted by Gasteiger charge is 2.24. The molecule has 2 heterocycles. The summed E-state index contributed by atoms with van der Waals surface area (Å²) < 4.78 is 1.64. The predicted octanol–water partition coefficient (Wildman–Crippen LogP) is 4.01. The molecule has 3 aromatic rings. The summed E-state index contributed by atoms with van der Waals surface area (Å²) in [5.74, 6) is -0.130. The van der Waals surface area contributed by atoms with Crippen LogP contribution in [0.25, 0.3) is 11.3 Å². The van der Waals surface area contributed by atoms with Crippen molar-refractivity contribution in [2.24, 2.45) is 7.05 Å². The van der Waals surface area contributed by atoms with Crippen molar-refractivity contribution in [2.45, 2.75) is 18.9 Å². The van der Waals surface area contributed by atoms with E-state index in [0.29, 0.717) is 21.8 Å². The molecule has 2 aromatic carbocycles. The Bertz CT molecular complexity index is 1090. The molecular weight excluding hydrogens is 398 g/mol. The van der Waals surface area contributed by atoms with Crippen LogP contribution >= 0.6 is 11.6 Å². The standard InChI is InChI=1S/C23H22ClN5O/c1-28-15-20(22(27-28)19-4-2-3-5-21(19)24)23(30)26-17-10-12-29(13-11-17)18-8-6-16(14-25)7-9-18/h2-9,15,17H,10-13H2,1H3,(H,26,30). The van der Waals surface area contributed by atoms with Gasteiger partial charge in [0, 0.05) is 43.6 Å². The molecule has 1 aromatic heterocycles. The number of halogens is 1. The minimum absolute atomic E-state index is 0.103. The quantitative estimate of drug-likeness (QED) is 0.693. The maximum Gasteiger partial charge on any atom is 0.255 e. The van der Waals surface area contributed by atoms with E-state index in [9.17, 15) is 4.79 Å². The van der Waals surface area contributed by atoms with Crippen LogP contribution in [0.3, 0.4) is 0 Å². The first-order valence-electron chi connectivity index (χ1n) is 9.89. The molecular formula is C23H22ClN5O. The highest BCUT2D eigenvalue weighted by Crippen LogP contribution is 2.29. The second-order valence-corrected chi connectivity index (χ2v) is 7.85. The van der Waals surface area contributed by atoms with Crippen LogP contribution in [0.4, 0.5) is 5.69 Å². The minimum atomic E-state index is -0.130. The van der Waals surface area contributed by atoms with Gasteiger partial charge in [0.2, 0.25) is 0 Å². The van der Waals surface area contributed by atoms with E-state index in [1.54, 1.807) is 24.0 Å². The number of benzene rings is 2. The van der Waals surface area contributed by atoms with Crippen LogP contribution in [-0.2, 0) is 7.05 Å². The number of carbonyl (C=O) groups is 1. The van der Waals surface area contributed by atoms with Crippen LogP contribution in [0.5, 0.6) is 0 Å². The molecule has 0 bridgehead atoms. The highest BCUT2D eigenvalue weighted by atomic mass is 35.5. The molecule has 0 saturated carbocycles. The van der Waals surface area contributed by atoms with Crippen molar-refractivity contribution in [1.82, 2.24) is 15.1 Å². The van der Waals surface area contributed by atoms with Crippen molar-refractivity contribution in [2.75, 3.05) is 18.0 Å². The Labute approximate surface area is 180 Å². The lowest BCUT2D eigenvalue weighted by Crippen LogP contribution is -2.44. The lowest BCUT2D eigenvalue weighted by atomic mass is 10.0. The monoisotopic (exact) mass is 419 g/mol. The van der Waals surface area contributed by atoms with Crippen LogP contribution in [-0.4, -0.2) is 34.8 Å². The molecule has 0 spiro atoms. The first kappa shape index (κ1) is 20.0. The average Bonchev–Trinajstić information content (AvgIpc) is 3.16. The predicted molar refractivity (Wildman–Crippen MR) is 118 cm³/mol. The topological polar surface area (TPSA) is 74.0 Å². The average molecular weight is 420 g/mol. The molecule has 1 fully saturated rings. The summed E-state index contributed by atoms with van der Waals surface area (Å²) in [6.07, 6.45) is 3.45. The SMILES string of the molecule is Cn1cc(C(=O)NC2CCN(c3ccc(C#N)cc3)CC2)c(-c2ccccc2Cl)n1. The second kappa shape index (κ2) is 8.60. The normalized spacial score (nSPS) is 14.4. The summed E-state index contributed by atoms with van der Waals surface area (Å²) in [7, 11) is 1.80. The van der Waals surface area contributed by atoms with Gasteiger partial charge in [-0.05, 0) is 43.2 Å². The van der Waals surface area contributed by atoms with Gasteiger partial charge in [0.1, 0.15) is 5.69 Å². The number of nitriles is 1. The van der Waals surface area contributed by atoms with Crippen molar-refractivity contribution in [3.05, 3.63) is 70.9 Å². The molecule has 1 saturated heterocycles. The number of aryl methyl sites for hydroxylation is 1. The van der Waals surface area contributed by atoms with E-state index >= 15 is 0 Å². The number of hydrogen-bond donors (Lipinski definition) is 1. The van der Waals surface area contributed by atoms with Gasteiger partial charge in [-0.3, -0.25) is 9.48 Å². The van der Waals surface area contributed by atoms with Crippen molar-refractivity contribution in [3.8, 4) is 17.3 Å². The Morgan fingerprint density at radius 3 is 2.53 bits per heavy atom. The number of carbonyl (C=O) groups excluding carboxylic acids is 1.